The van der Waals surface area contributed by atoms with Gasteiger partial charge in [-0.05, 0) is 0 Å². The molecule has 69 valence electrons. The average Bonchev–Trinajstić information content (AvgIpc) is 2.33. The van der Waals surface area contributed by atoms with E-state index >= 15 is 0 Å². The summed E-state index contributed by atoms with van der Waals surface area (Å²) in [4.78, 5) is 21.0. The predicted molar refractivity (Wildman–Crippen MR) is 43.1 cm³/mol. The summed E-state index contributed by atoms with van der Waals surface area (Å²) in [5, 5.41) is 0. The molecule has 1 radical (unpaired) electrons. The molecule has 2 heterocycles. The maximum absolute atomic E-state index is 11.1. The standard InChI is InChI=1S/C6H7N5O.Re/c1-11-2-8-3-4(11)9-6(7)10-5(3)12;/h2H,1H3,(H3,7,9,10,12);/p-1. The van der Waals surface area contributed by atoms with E-state index in [4.69, 9.17) is 5.73 Å². The van der Waals surface area contributed by atoms with Gasteiger partial charge in [-0.1, -0.05) is 0 Å². The van der Waals surface area contributed by atoms with Crippen LogP contribution in [0.2, 0.25) is 0 Å². The van der Waals surface area contributed by atoms with Crippen LogP contribution in [-0.2, 0) is 27.5 Å². The van der Waals surface area contributed by atoms with Gasteiger partial charge >= 0.3 is 0 Å². The van der Waals surface area contributed by atoms with Crippen molar-refractivity contribution in [2.45, 2.75) is 0 Å². The van der Waals surface area contributed by atoms with Gasteiger partial charge in [-0.3, -0.25) is 4.79 Å². The fourth-order valence-electron chi connectivity index (χ4n) is 1.02. The normalized spacial score (nSPS) is 9.92. The number of aromatic nitrogens is 4. The summed E-state index contributed by atoms with van der Waals surface area (Å²) in [6.07, 6.45) is 1.49. The van der Waals surface area contributed by atoms with Crippen molar-refractivity contribution in [1.29, 1.82) is 0 Å². The van der Waals surface area contributed by atoms with E-state index in [2.05, 4.69) is 15.0 Å². The van der Waals surface area contributed by atoms with Crippen LogP contribution in [0.3, 0.4) is 0 Å². The van der Waals surface area contributed by atoms with Crippen LogP contribution >= 0.6 is 0 Å². The third kappa shape index (κ3) is 1.48. The zero-order valence-corrected chi connectivity index (χ0v) is 9.42. The molecule has 7 heteroatoms. The number of hydrogen-bond acceptors (Lipinski definition) is 3. The van der Waals surface area contributed by atoms with Crippen molar-refractivity contribution in [3.05, 3.63) is 22.4 Å². The van der Waals surface area contributed by atoms with Gasteiger partial charge in [0, 0.05) is 33.4 Å². The maximum Gasteiger partial charge on any atom is 0.222 e. The number of aromatic amines is 1. The monoisotopic (exact) mass is 351 g/mol. The molecular weight excluding hydrogens is 344 g/mol. The van der Waals surface area contributed by atoms with Crippen molar-refractivity contribution in [2.75, 3.05) is 0 Å². The van der Waals surface area contributed by atoms with E-state index in [0.29, 0.717) is 5.65 Å². The zero-order chi connectivity index (χ0) is 8.72. The van der Waals surface area contributed by atoms with Crippen molar-refractivity contribution < 1.29 is 20.4 Å². The molecule has 6 nitrogen and oxygen atoms in total. The molecule has 0 aromatic carbocycles. The third-order valence-electron chi connectivity index (χ3n) is 1.57. The van der Waals surface area contributed by atoms with Gasteiger partial charge in [0.2, 0.25) is 5.56 Å². The first-order valence-corrected chi connectivity index (χ1v) is 3.31. The van der Waals surface area contributed by atoms with Crippen molar-refractivity contribution >= 4 is 17.1 Å². The average molecular weight is 350 g/mol. The van der Waals surface area contributed by atoms with Crippen molar-refractivity contribution in [3.63, 3.8) is 0 Å². The first-order chi connectivity index (χ1) is 5.68. The van der Waals surface area contributed by atoms with E-state index in [0.717, 1.165) is 0 Å². The first kappa shape index (κ1) is 9.90. The topological polar surface area (TPSA) is 87.4 Å². The minimum atomic E-state index is -0.370. The number of hydrogen-bond donors (Lipinski definition) is 1. The SMILES string of the molecule is Cn1cnc2c(=O)[nH]c([NH-])nc21.[Re]. The van der Waals surface area contributed by atoms with E-state index in [9.17, 15) is 4.79 Å². The Morgan fingerprint density at radius 1 is 1.62 bits per heavy atom. The summed E-state index contributed by atoms with van der Waals surface area (Å²) < 4.78 is 1.60. The molecule has 2 N–H and O–H groups in total. The van der Waals surface area contributed by atoms with Crippen LogP contribution in [0.15, 0.2) is 11.1 Å². The number of aryl methyl sites for hydroxylation is 1. The number of H-pyrrole nitrogens is 1. The molecule has 2 rings (SSSR count). The number of rotatable bonds is 0. The second-order valence-electron chi connectivity index (χ2n) is 2.44. The zero-order valence-electron chi connectivity index (χ0n) is 6.71. The predicted octanol–water partition coefficient (Wildman–Crippen LogP) is 0.338. The minimum absolute atomic E-state index is 0. The second-order valence-corrected chi connectivity index (χ2v) is 2.44. The van der Waals surface area contributed by atoms with Crippen LogP contribution < -0.4 is 5.56 Å². The van der Waals surface area contributed by atoms with Gasteiger partial charge in [0.15, 0.2) is 0 Å². The summed E-state index contributed by atoms with van der Waals surface area (Å²) in [5.74, 6) is -0.142. The molecule has 0 spiro atoms. The molecule has 0 aliphatic carbocycles. The van der Waals surface area contributed by atoms with E-state index in [1.54, 1.807) is 11.6 Å². The quantitative estimate of drug-likeness (QED) is 0.743. The van der Waals surface area contributed by atoms with Gasteiger partial charge in [-0.15, -0.1) is 0 Å². The van der Waals surface area contributed by atoms with Crippen LogP contribution in [0.1, 0.15) is 0 Å². The smallest absolute Gasteiger partial charge is 0.222 e. The molecule has 13 heavy (non-hydrogen) atoms. The Morgan fingerprint density at radius 3 is 3.00 bits per heavy atom. The summed E-state index contributed by atoms with van der Waals surface area (Å²) in [6, 6.07) is 0. The summed E-state index contributed by atoms with van der Waals surface area (Å²) in [5.41, 5.74) is 7.48. The van der Waals surface area contributed by atoms with Gasteiger partial charge < -0.3 is 20.3 Å². The van der Waals surface area contributed by atoms with Crippen LogP contribution in [0.25, 0.3) is 16.9 Å². The van der Waals surface area contributed by atoms with Gasteiger partial charge in [0.1, 0.15) is 5.52 Å². The summed E-state index contributed by atoms with van der Waals surface area (Å²) >= 11 is 0. The Labute approximate surface area is 86.8 Å². The molecule has 0 atom stereocenters. The van der Waals surface area contributed by atoms with E-state index in [1.807, 2.05) is 0 Å². The fourth-order valence-corrected chi connectivity index (χ4v) is 1.02. The van der Waals surface area contributed by atoms with Crippen LogP contribution in [0.5, 0.6) is 0 Å². The van der Waals surface area contributed by atoms with Gasteiger partial charge in [-0.25, -0.2) is 4.98 Å². The van der Waals surface area contributed by atoms with E-state index < -0.39 is 0 Å². The van der Waals surface area contributed by atoms with Crippen molar-refractivity contribution in [1.82, 2.24) is 19.5 Å². The van der Waals surface area contributed by atoms with Crippen molar-refractivity contribution in [3.8, 4) is 0 Å². The number of nitrogens with one attached hydrogen (secondary N) is 2. The molecule has 0 aliphatic heterocycles. The Balaban J connectivity index is 0.000000845. The number of nitrogens with zero attached hydrogens (tertiary/aromatic N) is 3. The Kier molecular flexibility index (Phi) is 2.50. The Hall–Kier alpha value is -1.19. The van der Waals surface area contributed by atoms with Crippen molar-refractivity contribution in [2.24, 2.45) is 7.05 Å². The van der Waals surface area contributed by atoms with Crippen LogP contribution in [-0.4, -0.2) is 19.5 Å². The third-order valence-corrected chi connectivity index (χ3v) is 1.57. The first-order valence-electron chi connectivity index (χ1n) is 3.31. The summed E-state index contributed by atoms with van der Waals surface area (Å²) in [7, 11) is 1.72. The van der Waals surface area contributed by atoms with E-state index in [1.165, 1.54) is 6.33 Å². The molecule has 0 unspecified atom stereocenters. The fraction of sp³-hybridized carbons (Fsp3) is 0.167. The molecule has 0 amide bonds. The van der Waals surface area contributed by atoms with Gasteiger partial charge in [0.05, 0.1) is 12.0 Å². The van der Waals surface area contributed by atoms with Gasteiger partial charge in [0.25, 0.3) is 0 Å². The van der Waals surface area contributed by atoms with Gasteiger partial charge in [-0.2, -0.15) is 0 Å². The Morgan fingerprint density at radius 2 is 2.31 bits per heavy atom. The largest absolute Gasteiger partial charge is 0.411 e. The Bertz CT molecular complexity index is 487. The molecule has 2 aromatic rings. The molecule has 0 saturated carbocycles. The molecule has 0 saturated heterocycles. The minimum Gasteiger partial charge on any atom is -0.411 e. The molecular formula is C6H6N5ORe-. The second kappa shape index (κ2) is 3.28. The molecule has 2 aromatic heterocycles. The van der Waals surface area contributed by atoms with Crippen LogP contribution in [0.4, 0.5) is 5.95 Å². The number of fused-ring (bicyclic) bond motifs is 1. The number of imidazole rings is 1. The molecule has 0 fully saturated rings. The van der Waals surface area contributed by atoms with E-state index in [-0.39, 0.29) is 37.4 Å². The summed E-state index contributed by atoms with van der Waals surface area (Å²) in [6.45, 7) is 0. The molecule has 0 bridgehead atoms. The maximum atomic E-state index is 11.1. The van der Waals surface area contributed by atoms with Crippen LogP contribution in [0, 0.1) is 0 Å². The molecule has 0 aliphatic rings.